The van der Waals surface area contributed by atoms with Crippen LogP contribution in [0.1, 0.15) is 18.1 Å². The van der Waals surface area contributed by atoms with Gasteiger partial charge in [0.05, 0.1) is 0 Å². The van der Waals surface area contributed by atoms with Crippen molar-refractivity contribution in [1.29, 1.82) is 0 Å². The second kappa shape index (κ2) is 5.37. The van der Waals surface area contributed by atoms with Crippen LogP contribution >= 0.6 is 0 Å². The number of hydrogen-bond acceptors (Lipinski definition) is 2. The van der Waals surface area contributed by atoms with Crippen molar-refractivity contribution < 1.29 is 4.79 Å². The maximum absolute atomic E-state index is 12.5. The molecule has 2 aromatic rings. The van der Waals surface area contributed by atoms with Crippen LogP contribution < -0.4 is 0 Å². The molecule has 3 heteroatoms. The van der Waals surface area contributed by atoms with E-state index >= 15 is 0 Å². The summed E-state index contributed by atoms with van der Waals surface area (Å²) in [6.07, 6.45) is 0. The van der Waals surface area contributed by atoms with Crippen molar-refractivity contribution in [3.63, 3.8) is 0 Å². The maximum Gasteiger partial charge on any atom is 0.278 e. The number of rotatable bonds is 2. The molecule has 0 aliphatic carbocycles. The number of aliphatic imine (C=N–C) groups is 1. The summed E-state index contributed by atoms with van der Waals surface area (Å²) in [6.45, 7) is 1.94. The summed E-state index contributed by atoms with van der Waals surface area (Å²) in [6, 6.07) is 19.6. The minimum Gasteiger partial charge on any atom is -0.294 e. The number of amides is 1. The van der Waals surface area contributed by atoms with Gasteiger partial charge in [0, 0.05) is 12.6 Å². The molecule has 0 bridgehead atoms. The third-order valence-corrected chi connectivity index (χ3v) is 3.64. The van der Waals surface area contributed by atoms with Crippen LogP contribution in [0.4, 0.5) is 0 Å². The van der Waals surface area contributed by atoms with Crippen LogP contribution in [-0.2, 0) is 4.79 Å². The first kappa shape index (κ1) is 13.3. The van der Waals surface area contributed by atoms with Crippen LogP contribution in [-0.4, -0.2) is 23.7 Å². The van der Waals surface area contributed by atoms with Gasteiger partial charge >= 0.3 is 0 Å². The molecule has 0 aromatic heterocycles. The Balaban J connectivity index is 2.09. The van der Waals surface area contributed by atoms with Gasteiger partial charge in [-0.15, -0.1) is 0 Å². The Morgan fingerprint density at radius 3 is 2.14 bits per heavy atom. The zero-order chi connectivity index (χ0) is 14.8. The Labute approximate surface area is 124 Å². The van der Waals surface area contributed by atoms with Crippen molar-refractivity contribution in [3.05, 3.63) is 77.5 Å². The van der Waals surface area contributed by atoms with Gasteiger partial charge in [-0.3, -0.25) is 9.69 Å². The van der Waals surface area contributed by atoms with E-state index in [1.54, 1.807) is 11.9 Å². The summed E-state index contributed by atoms with van der Waals surface area (Å²) < 4.78 is 0. The molecule has 21 heavy (non-hydrogen) atoms. The van der Waals surface area contributed by atoms with Gasteiger partial charge in [-0.1, -0.05) is 60.7 Å². The van der Waals surface area contributed by atoms with E-state index in [9.17, 15) is 4.79 Å². The lowest BCUT2D eigenvalue weighted by atomic mass is 10.1. The predicted octanol–water partition coefficient (Wildman–Crippen LogP) is 3.34. The number of carbonyl (C=O) groups is 1. The van der Waals surface area contributed by atoms with Crippen molar-refractivity contribution in [2.45, 2.75) is 6.92 Å². The molecule has 0 radical (unpaired) electrons. The van der Waals surface area contributed by atoms with Crippen molar-refractivity contribution >= 4 is 17.3 Å². The monoisotopic (exact) mass is 276 g/mol. The van der Waals surface area contributed by atoms with Gasteiger partial charge in [0.15, 0.2) is 0 Å². The van der Waals surface area contributed by atoms with E-state index in [1.807, 2.05) is 67.6 Å². The Morgan fingerprint density at radius 1 is 0.952 bits per heavy atom. The lowest BCUT2D eigenvalue weighted by Crippen LogP contribution is -2.28. The van der Waals surface area contributed by atoms with E-state index in [4.69, 9.17) is 0 Å². The van der Waals surface area contributed by atoms with Crippen molar-refractivity contribution in [3.8, 4) is 0 Å². The van der Waals surface area contributed by atoms with Crippen molar-refractivity contribution in [2.75, 3.05) is 7.05 Å². The van der Waals surface area contributed by atoms with Gasteiger partial charge < -0.3 is 0 Å². The summed E-state index contributed by atoms with van der Waals surface area (Å²) in [5, 5.41) is 0. The maximum atomic E-state index is 12.5. The predicted molar refractivity (Wildman–Crippen MR) is 84.8 cm³/mol. The van der Waals surface area contributed by atoms with Crippen LogP contribution in [0, 0.1) is 0 Å². The van der Waals surface area contributed by atoms with Crippen LogP contribution in [0.3, 0.4) is 0 Å². The minimum atomic E-state index is -0.0600. The highest BCUT2D eigenvalue weighted by molar-refractivity contribution is 6.20. The van der Waals surface area contributed by atoms with E-state index < -0.39 is 0 Å². The zero-order valence-corrected chi connectivity index (χ0v) is 12.1. The van der Waals surface area contributed by atoms with E-state index in [1.165, 1.54) is 0 Å². The molecule has 0 saturated carbocycles. The topological polar surface area (TPSA) is 32.7 Å². The Morgan fingerprint density at radius 2 is 1.52 bits per heavy atom. The van der Waals surface area contributed by atoms with Gasteiger partial charge in [0.25, 0.3) is 5.91 Å². The molecule has 0 unspecified atom stereocenters. The first-order valence-electron chi connectivity index (χ1n) is 6.87. The van der Waals surface area contributed by atoms with E-state index in [2.05, 4.69) is 4.99 Å². The average molecular weight is 276 g/mol. The molecule has 3 nitrogen and oxygen atoms in total. The molecule has 104 valence electrons. The van der Waals surface area contributed by atoms with Gasteiger partial charge in [0.1, 0.15) is 11.5 Å². The van der Waals surface area contributed by atoms with Crippen LogP contribution in [0.15, 0.2) is 71.4 Å². The third-order valence-electron chi connectivity index (χ3n) is 3.64. The summed E-state index contributed by atoms with van der Waals surface area (Å²) in [4.78, 5) is 18.6. The standard InChI is InChI=1S/C18H16N2O/c1-13(14-9-5-3-6-10-14)16-18(21)20(2)17(19-16)15-11-7-4-8-12-15/h3-12H,1-2H3/b16-13-. The van der Waals surface area contributed by atoms with Crippen LogP contribution in [0.25, 0.3) is 5.57 Å². The fourth-order valence-corrected chi connectivity index (χ4v) is 2.40. The number of hydrogen-bond donors (Lipinski definition) is 0. The summed E-state index contributed by atoms with van der Waals surface area (Å²) >= 11 is 0. The Hall–Kier alpha value is -2.68. The molecule has 0 N–H and O–H groups in total. The number of nitrogens with zero attached hydrogens (tertiary/aromatic N) is 2. The molecule has 0 atom stereocenters. The molecule has 1 heterocycles. The lowest BCUT2D eigenvalue weighted by Gasteiger charge is -2.11. The SMILES string of the molecule is C/C(=C1/N=C(c2ccccc2)N(C)C1=O)c1ccccc1. The van der Waals surface area contributed by atoms with Gasteiger partial charge in [-0.25, -0.2) is 4.99 Å². The molecule has 1 aliphatic rings. The van der Waals surface area contributed by atoms with Gasteiger partial charge in [0.2, 0.25) is 0 Å². The Bertz CT molecular complexity index is 730. The highest BCUT2D eigenvalue weighted by Gasteiger charge is 2.29. The van der Waals surface area contributed by atoms with Crippen LogP contribution in [0.2, 0.25) is 0 Å². The number of benzene rings is 2. The highest BCUT2D eigenvalue weighted by Crippen LogP contribution is 2.26. The average Bonchev–Trinajstić information content (AvgIpc) is 2.84. The molecule has 3 rings (SSSR count). The molecule has 0 fully saturated rings. The summed E-state index contributed by atoms with van der Waals surface area (Å²) in [5.74, 6) is 0.640. The molecular formula is C18H16N2O. The Kier molecular flexibility index (Phi) is 3.40. The number of carbonyl (C=O) groups excluding carboxylic acids is 1. The van der Waals surface area contributed by atoms with Crippen molar-refractivity contribution in [2.24, 2.45) is 4.99 Å². The van der Waals surface area contributed by atoms with Gasteiger partial charge in [-0.05, 0) is 18.1 Å². The molecular weight excluding hydrogens is 260 g/mol. The molecule has 1 amide bonds. The molecule has 0 spiro atoms. The molecule has 0 saturated heterocycles. The fourth-order valence-electron chi connectivity index (χ4n) is 2.40. The summed E-state index contributed by atoms with van der Waals surface area (Å²) in [7, 11) is 1.76. The normalized spacial score (nSPS) is 17.0. The number of likely N-dealkylation sites (N-methyl/N-ethyl adjacent to an activating group) is 1. The lowest BCUT2D eigenvalue weighted by molar-refractivity contribution is -0.121. The molecule has 1 aliphatic heterocycles. The first-order chi connectivity index (χ1) is 10.2. The minimum absolute atomic E-state index is 0.0600. The second-order valence-corrected chi connectivity index (χ2v) is 5.01. The van der Waals surface area contributed by atoms with Crippen molar-refractivity contribution in [1.82, 2.24) is 4.90 Å². The van der Waals surface area contributed by atoms with Crippen LogP contribution in [0.5, 0.6) is 0 Å². The fraction of sp³-hybridized carbons (Fsp3) is 0.111. The number of allylic oxidation sites excluding steroid dienone is 1. The quantitative estimate of drug-likeness (QED) is 0.774. The molecule has 2 aromatic carbocycles. The smallest absolute Gasteiger partial charge is 0.278 e. The summed E-state index contributed by atoms with van der Waals surface area (Å²) in [5.41, 5.74) is 3.39. The first-order valence-corrected chi connectivity index (χ1v) is 6.87. The van der Waals surface area contributed by atoms with E-state index in [0.717, 1.165) is 16.7 Å². The van der Waals surface area contributed by atoms with Gasteiger partial charge in [-0.2, -0.15) is 0 Å². The third kappa shape index (κ3) is 2.38. The zero-order valence-electron chi connectivity index (χ0n) is 12.1. The largest absolute Gasteiger partial charge is 0.294 e. The van der Waals surface area contributed by atoms with E-state index in [0.29, 0.717) is 11.5 Å². The number of amidine groups is 1. The highest BCUT2D eigenvalue weighted by atomic mass is 16.2. The van der Waals surface area contributed by atoms with E-state index in [-0.39, 0.29) is 5.91 Å². The second-order valence-electron chi connectivity index (χ2n) is 5.01.